The van der Waals surface area contributed by atoms with Gasteiger partial charge >= 0.3 is 32.7 Å². The van der Waals surface area contributed by atoms with Crippen LogP contribution >= 0.6 is 0 Å². The van der Waals surface area contributed by atoms with E-state index in [9.17, 15) is 0 Å². The third-order valence-corrected chi connectivity index (χ3v) is 0.706. The van der Waals surface area contributed by atoms with Crippen molar-refractivity contribution in [1.29, 1.82) is 0 Å². The van der Waals surface area contributed by atoms with E-state index >= 15 is 0 Å². The second kappa shape index (κ2) is 3.96. The zero-order valence-electron chi connectivity index (χ0n) is 4.09. The molecule has 1 heterocycles. The third kappa shape index (κ3) is 3.59. The Balaban J connectivity index is 0.000000360. The van der Waals surface area contributed by atoms with E-state index < -0.39 is 0 Å². The van der Waals surface area contributed by atoms with E-state index in [1.54, 1.807) is 0 Å². The SMILES string of the molecule is [CH2-]OCC1CO1.[Y+3]. The molecule has 3 heteroatoms. The van der Waals surface area contributed by atoms with Gasteiger partial charge in [-0.05, 0) is 0 Å². The van der Waals surface area contributed by atoms with E-state index in [2.05, 4.69) is 11.8 Å². The molecule has 1 unspecified atom stereocenters. The van der Waals surface area contributed by atoms with Crippen LogP contribution in [0.1, 0.15) is 0 Å². The van der Waals surface area contributed by atoms with Crippen molar-refractivity contribution in [3.63, 3.8) is 0 Å². The molecule has 0 aromatic carbocycles. The Kier molecular flexibility index (Phi) is 4.54. The second-order valence-electron chi connectivity index (χ2n) is 1.33. The van der Waals surface area contributed by atoms with Crippen LogP contribution in [0.4, 0.5) is 0 Å². The number of hydrogen-bond donors (Lipinski definition) is 0. The maximum Gasteiger partial charge on any atom is 3.00 e. The molecule has 1 fully saturated rings. The molecule has 0 aromatic heterocycles. The molecular weight excluding hydrogens is 169 g/mol. The van der Waals surface area contributed by atoms with Gasteiger partial charge in [0, 0.05) is 6.61 Å². The van der Waals surface area contributed by atoms with Crippen LogP contribution in [-0.4, -0.2) is 19.3 Å². The summed E-state index contributed by atoms with van der Waals surface area (Å²) < 4.78 is 9.27. The number of hydrogen-bond acceptors (Lipinski definition) is 2. The Labute approximate surface area is 68.4 Å². The Morgan fingerprint density at radius 2 is 2.43 bits per heavy atom. The monoisotopic (exact) mass is 176 g/mol. The summed E-state index contributed by atoms with van der Waals surface area (Å²) in [5.41, 5.74) is 0. The quantitative estimate of drug-likeness (QED) is 0.442. The molecule has 0 N–H and O–H groups in total. The van der Waals surface area contributed by atoms with E-state index in [-0.39, 0.29) is 32.7 Å². The molecule has 2 nitrogen and oxygen atoms in total. The van der Waals surface area contributed by atoms with Crippen molar-refractivity contribution in [2.24, 2.45) is 0 Å². The summed E-state index contributed by atoms with van der Waals surface area (Å²) in [6.45, 7) is 1.51. The first-order valence-electron chi connectivity index (χ1n) is 1.92. The van der Waals surface area contributed by atoms with E-state index in [0.717, 1.165) is 6.61 Å². The fourth-order valence-electron chi connectivity index (χ4n) is 0.296. The number of rotatable bonds is 2. The van der Waals surface area contributed by atoms with Crippen LogP contribution in [0.25, 0.3) is 0 Å². The molecule has 0 spiro atoms. The van der Waals surface area contributed by atoms with Gasteiger partial charge in [0.15, 0.2) is 0 Å². The molecule has 0 amide bonds. The van der Waals surface area contributed by atoms with Crippen LogP contribution < -0.4 is 0 Å². The molecule has 0 saturated carbocycles. The van der Waals surface area contributed by atoms with Gasteiger partial charge in [-0.2, -0.15) is 0 Å². The maximum atomic E-state index is 4.78. The molecule has 7 heavy (non-hydrogen) atoms. The number of ether oxygens (including phenoxy) is 2. The molecule has 1 saturated heterocycles. The van der Waals surface area contributed by atoms with Gasteiger partial charge in [0.2, 0.25) is 0 Å². The van der Waals surface area contributed by atoms with Crippen LogP contribution in [0, 0.1) is 7.11 Å². The van der Waals surface area contributed by atoms with Crippen molar-refractivity contribution in [1.82, 2.24) is 0 Å². The average molecular weight is 176 g/mol. The standard InChI is InChI=1S/C4H7O2.Y/c1-5-2-4-3-6-4;/h4H,1-3H2;/q-1;+3. The summed E-state index contributed by atoms with van der Waals surface area (Å²) in [5.74, 6) is 0. The smallest absolute Gasteiger partial charge is 0.553 e. The largest absolute Gasteiger partial charge is 3.00 e. The van der Waals surface area contributed by atoms with Gasteiger partial charge in [-0.15, -0.1) is 0 Å². The predicted octanol–water partition coefficient (Wildman–Crippen LogP) is 0.191. The van der Waals surface area contributed by atoms with Crippen molar-refractivity contribution in [3.8, 4) is 0 Å². The summed E-state index contributed by atoms with van der Waals surface area (Å²) in [7, 11) is 3.19. The van der Waals surface area contributed by atoms with E-state index in [4.69, 9.17) is 4.74 Å². The van der Waals surface area contributed by atoms with Crippen molar-refractivity contribution in [2.75, 3.05) is 13.2 Å². The minimum absolute atomic E-state index is 0. The predicted molar refractivity (Wildman–Crippen MR) is 21.0 cm³/mol. The number of epoxide rings is 1. The third-order valence-electron chi connectivity index (χ3n) is 0.706. The van der Waals surface area contributed by atoms with Crippen molar-refractivity contribution >= 4 is 0 Å². The van der Waals surface area contributed by atoms with Gasteiger partial charge in [0.25, 0.3) is 0 Å². The maximum absolute atomic E-state index is 4.78. The summed E-state index contributed by atoms with van der Waals surface area (Å²) >= 11 is 0. The first-order valence-corrected chi connectivity index (χ1v) is 1.92. The summed E-state index contributed by atoms with van der Waals surface area (Å²) in [5, 5.41) is 0. The first-order chi connectivity index (χ1) is 2.93. The van der Waals surface area contributed by atoms with E-state index in [1.165, 1.54) is 0 Å². The molecule has 0 aliphatic carbocycles. The molecule has 0 radical (unpaired) electrons. The summed E-state index contributed by atoms with van der Waals surface area (Å²) in [4.78, 5) is 0. The topological polar surface area (TPSA) is 21.8 Å². The Morgan fingerprint density at radius 1 is 1.86 bits per heavy atom. The fourth-order valence-corrected chi connectivity index (χ4v) is 0.296. The molecule has 1 atom stereocenters. The molecule has 0 aromatic rings. The zero-order chi connectivity index (χ0) is 4.41. The van der Waals surface area contributed by atoms with Crippen LogP contribution in [0.2, 0.25) is 0 Å². The van der Waals surface area contributed by atoms with Gasteiger partial charge in [0.05, 0.1) is 6.61 Å². The van der Waals surface area contributed by atoms with Crippen LogP contribution in [0.15, 0.2) is 0 Å². The zero-order valence-corrected chi connectivity index (χ0v) is 6.93. The van der Waals surface area contributed by atoms with Crippen molar-refractivity contribution < 1.29 is 42.2 Å². The molecule has 0 bridgehead atoms. The van der Waals surface area contributed by atoms with Crippen LogP contribution in [0.5, 0.6) is 0 Å². The summed E-state index contributed by atoms with van der Waals surface area (Å²) in [6, 6.07) is 0. The second-order valence-corrected chi connectivity index (χ2v) is 1.33. The van der Waals surface area contributed by atoms with Gasteiger partial charge < -0.3 is 9.47 Å². The van der Waals surface area contributed by atoms with Gasteiger partial charge in [-0.1, -0.05) is 0 Å². The van der Waals surface area contributed by atoms with Gasteiger partial charge in [-0.25, -0.2) is 7.11 Å². The molecule has 1 aliphatic heterocycles. The molecule has 1 aliphatic rings. The van der Waals surface area contributed by atoms with Gasteiger partial charge in [0.1, 0.15) is 6.10 Å². The Morgan fingerprint density at radius 3 is 2.57 bits per heavy atom. The first kappa shape index (κ1) is 8.02. The van der Waals surface area contributed by atoms with E-state index in [1.807, 2.05) is 0 Å². The van der Waals surface area contributed by atoms with Crippen molar-refractivity contribution in [3.05, 3.63) is 7.11 Å². The average Bonchev–Trinajstić information content (AvgIpc) is 2.21. The fraction of sp³-hybridized carbons (Fsp3) is 0.750. The van der Waals surface area contributed by atoms with Gasteiger partial charge in [-0.3, -0.25) is 0 Å². The molecule has 1 rings (SSSR count). The van der Waals surface area contributed by atoms with Crippen LogP contribution in [0.3, 0.4) is 0 Å². The Bertz CT molecular complexity index is 45.0. The van der Waals surface area contributed by atoms with Crippen molar-refractivity contribution in [2.45, 2.75) is 6.10 Å². The van der Waals surface area contributed by atoms with E-state index in [0.29, 0.717) is 12.7 Å². The summed E-state index contributed by atoms with van der Waals surface area (Å²) in [6.07, 6.45) is 0.363. The normalized spacial score (nSPS) is 26.1. The minimum Gasteiger partial charge on any atom is -0.553 e. The van der Waals surface area contributed by atoms with Crippen LogP contribution in [-0.2, 0) is 42.2 Å². The molecular formula is C4H7O2Y+2. The Hall–Kier alpha value is 1.02. The minimum atomic E-state index is 0. The molecule has 36 valence electrons.